The van der Waals surface area contributed by atoms with Crippen LogP contribution >= 0.6 is 0 Å². The van der Waals surface area contributed by atoms with E-state index in [1.807, 2.05) is 0 Å². The average molecular weight is 390 g/mol. The number of pyridine rings is 1. The number of hydrogen-bond acceptors (Lipinski definition) is 4. The summed E-state index contributed by atoms with van der Waals surface area (Å²) in [6.45, 7) is 6.58. The highest BCUT2D eigenvalue weighted by Gasteiger charge is 2.33. The Bertz CT molecular complexity index is 604. The summed E-state index contributed by atoms with van der Waals surface area (Å²) in [6, 6.07) is 2.07. The fourth-order valence-corrected chi connectivity index (χ4v) is 3.41. The van der Waals surface area contributed by atoms with Crippen LogP contribution in [0.3, 0.4) is 0 Å². The Balaban J connectivity index is 0.00000364. The number of hydrogen-bond donors (Lipinski definition) is 1. The molecule has 27 heavy (non-hydrogen) atoms. The number of carboxylic acids is 1. The largest absolute Gasteiger partial charge is 0.547 e. The van der Waals surface area contributed by atoms with Crippen molar-refractivity contribution < 1.29 is 27.8 Å². The van der Waals surface area contributed by atoms with Gasteiger partial charge in [-0.1, -0.05) is 26.8 Å². The van der Waals surface area contributed by atoms with Crippen molar-refractivity contribution >= 4 is 5.97 Å². The van der Waals surface area contributed by atoms with Gasteiger partial charge < -0.3 is 20.8 Å². The molecule has 4 N–H and O–H groups in total. The van der Waals surface area contributed by atoms with Gasteiger partial charge >= 0.3 is 6.18 Å². The second kappa shape index (κ2) is 9.01. The molecular weight excluding hydrogens is 361 g/mol. The number of aromatic nitrogens is 1. The predicted octanol–water partition coefficient (Wildman–Crippen LogP) is 3.76. The zero-order valence-corrected chi connectivity index (χ0v) is 16.3. The number of carboxylic acid groups (broad SMARTS) is 1. The predicted molar refractivity (Wildman–Crippen MR) is 94.0 cm³/mol. The first kappa shape index (κ1) is 23.4. The van der Waals surface area contributed by atoms with Crippen molar-refractivity contribution in [3.63, 3.8) is 0 Å². The van der Waals surface area contributed by atoms with E-state index in [1.165, 1.54) is 6.07 Å². The average Bonchev–Trinajstić information content (AvgIpc) is 2.53. The Morgan fingerprint density at radius 2 is 1.81 bits per heavy atom. The molecule has 1 heterocycles. The highest BCUT2D eigenvalue weighted by molar-refractivity contribution is 5.70. The van der Waals surface area contributed by atoms with E-state index in [1.54, 1.807) is 0 Å². The maximum atomic E-state index is 12.5. The second-order valence-corrected chi connectivity index (χ2v) is 8.04. The van der Waals surface area contributed by atoms with Crippen molar-refractivity contribution in [2.45, 2.75) is 71.3 Å². The summed E-state index contributed by atoms with van der Waals surface area (Å²) in [4.78, 5) is 14.7. The first-order chi connectivity index (χ1) is 12.0. The number of alkyl halides is 3. The lowest BCUT2D eigenvalue weighted by Crippen LogP contribution is -2.42. The highest BCUT2D eigenvalue weighted by atomic mass is 19.4. The molecule has 0 saturated heterocycles. The van der Waals surface area contributed by atoms with Gasteiger partial charge in [-0.3, -0.25) is 4.98 Å². The Hall–Kier alpha value is -1.67. The number of aliphatic carboxylic acids is 1. The molecule has 5 nitrogen and oxygen atoms in total. The molecule has 8 heteroatoms. The number of carbonyl (C=O) groups excluding carboxylic acids is 1. The van der Waals surface area contributed by atoms with Gasteiger partial charge in [0, 0.05) is 12.6 Å². The molecule has 1 aliphatic carbocycles. The third kappa shape index (κ3) is 6.77. The van der Waals surface area contributed by atoms with E-state index in [9.17, 15) is 23.1 Å². The van der Waals surface area contributed by atoms with Crippen LogP contribution in [0.1, 0.15) is 57.7 Å². The molecule has 1 aromatic rings. The molecule has 1 aliphatic rings. The van der Waals surface area contributed by atoms with E-state index in [0.717, 1.165) is 37.9 Å². The summed E-state index contributed by atoms with van der Waals surface area (Å²) >= 11 is 0. The van der Waals surface area contributed by atoms with E-state index < -0.39 is 23.9 Å². The number of carbonyl (C=O) groups is 1. The van der Waals surface area contributed by atoms with Crippen molar-refractivity contribution in [1.29, 1.82) is 0 Å². The Kier molecular flexibility index (Phi) is 7.80. The summed E-state index contributed by atoms with van der Waals surface area (Å²) < 4.78 is 43.3. The standard InChI is InChI=1S/C19H26F3NO3.H3N/c1-18(2,3)13-5-7-14(8-6-13)26-15(17(24)25)10-12-4-9-16(23-11-12)19(20,21)22;/h4,9,11,13-15H,5-8,10H2,1-3H3,(H,24,25);1H3. The second-order valence-electron chi connectivity index (χ2n) is 8.04. The minimum Gasteiger partial charge on any atom is -0.547 e. The monoisotopic (exact) mass is 390 g/mol. The van der Waals surface area contributed by atoms with Crippen molar-refractivity contribution in [1.82, 2.24) is 11.1 Å². The lowest BCUT2D eigenvalue weighted by molar-refractivity contribution is -0.318. The van der Waals surface area contributed by atoms with Gasteiger partial charge in [-0.05, 0) is 48.6 Å². The lowest BCUT2D eigenvalue weighted by Gasteiger charge is -2.38. The van der Waals surface area contributed by atoms with Crippen molar-refractivity contribution in [3.05, 3.63) is 29.6 Å². The molecule has 1 saturated carbocycles. The van der Waals surface area contributed by atoms with E-state index >= 15 is 0 Å². The minimum absolute atomic E-state index is 0. The van der Waals surface area contributed by atoms with Crippen LogP contribution in [-0.2, 0) is 22.1 Å². The van der Waals surface area contributed by atoms with Crippen LogP contribution in [0, 0.1) is 11.3 Å². The smallest absolute Gasteiger partial charge is 0.433 e. The summed E-state index contributed by atoms with van der Waals surface area (Å²) in [5.41, 5.74) is -0.423. The number of nitrogens with zero attached hydrogens (tertiary/aromatic N) is 1. The fraction of sp³-hybridized carbons (Fsp3) is 0.684. The van der Waals surface area contributed by atoms with Crippen molar-refractivity contribution in [3.8, 4) is 0 Å². The minimum atomic E-state index is -4.52. The molecule has 0 aromatic carbocycles. The van der Waals surface area contributed by atoms with Gasteiger partial charge in [0.2, 0.25) is 0 Å². The quantitative estimate of drug-likeness (QED) is 0.827. The molecule has 1 fully saturated rings. The first-order valence-corrected chi connectivity index (χ1v) is 8.85. The van der Waals surface area contributed by atoms with Gasteiger partial charge in [0.15, 0.2) is 0 Å². The maximum Gasteiger partial charge on any atom is 0.433 e. The topological polar surface area (TPSA) is 98.8 Å². The molecule has 0 amide bonds. The molecule has 154 valence electrons. The van der Waals surface area contributed by atoms with Crippen LogP contribution in [0.15, 0.2) is 18.3 Å². The Morgan fingerprint density at radius 1 is 1.22 bits per heavy atom. The van der Waals surface area contributed by atoms with Crippen LogP contribution in [0.25, 0.3) is 0 Å². The summed E-state index contributed by atoms with van der Waals surface area (Å²) in [6.07, 6.45) is -1.41. The van der Waals surface area contributed by atoms with Crippen LogP contribution in [-0.4, -0.2) is 23.2 Å². The van der Waals surface area contributed by atoms with Gasteiger partial charge in [-0.25, -0.2) is 0 Å². The number of quaternary nitrogens is 1. The third-order valence-corrected chi connectivity index (χ3v) is 5.05. The maximum absolute atomic E-state index is 12.5. The molecule has 0 spiro atoms. The molecule has 0 bridgehead atoms. The number of ether oxygens (including phenoxy) is 1. The van der Waals surface area contributed by atoms with Crippen LogP contribution < -0.4 is 11.3 Å². The molecule has 0 aliphatic heterocycles. The van der Waals surface area contributed by atoms with Crippen LogP contribution in [0.5, 0.6) is 0 Å². The SMILES string of the molecule is CC(C)(C)C1CCC(OC(Cc2ccc(C(F)(F)F)nc2)C(=O)[O-])CC1.[NH4+]. The van der Waals surface area contributed by atoms with Gasteiger partial charge in [0.1, 0.15) is 11.8 Å². The Morgan fingerprint density at radius 3 is 2.22 bits per heavy atom. The number of halogens is 3. The molecular formula is C19H29F3N2O3. The van der Waals surface area contributed by atoms with Crippen molar-refractivity contribution in [2.24, 2.45) is 11.3 Å². The number of rotatable bonds is 5. The molecule has 1 aromatic heterocycles. The van der Waals surface area contributed by atoms with Gasteiger partial charge in [-0.2, -0.15) is 13.2 Å². The first-order valence-electron chi connectivity index (χ1n) is 8.85. The molecule has 1 atom stereocenters. The highest BCUT2D eigenvalue weighted by Crippen LogP contribution is 2.38. The summed E-state index contributed by atoms with van der Waals surface area (Å²) in [5.74, 6) is -0.786. The van der Waals surface area contributed by atoms with Gasteiger partial charge in [0.25, 0.3) is 0 Å². The van der Waals surface area contributed by atoms with Gasteiger partial charge in [-0.15, -0.1) is 0 Å². The lowest BCUT2D eigenvalue weighted by atomic mass is 9.72. The molecule has 0 radical (unpaired) electrons. The summed E-state index contributed by atoms with van der Waals surface area (Å²) in [5, 5.41) is 11.4. The zero-order chi connectivity index (χ0) is 19.5. The normalized spacial score (nSPS) is 22.0. The summed E-state index contributed by atoms with van der Waals surface area (Å²) in [7, 11) is 0. The molecule has 1 unspecified atom stereocenters. The van der Waals surface area contributed by atoms with Crippen molar-refractivity contribution in [2.75, 3.05) is 0 Å². The third-order valence-electron chi connectivity index (χ3n) is 5.05. The van der Waals surface area contributed by atoms with Gasteiger partial charge in [0.05, 0.1) is 12.1 Å². The Labute approximate surface area is 157 Å². The zero-order valence-electron chi connectivity index (χ0n) is 16.3. The van der Waals surface area contributed by atoms with Crippen LogP contribution in [0.4, 0.5) is 13.2 Å². The van der Waals surface area contributed by atoms with Crippen LogP contribution in [0.2, 0.25) is 0 Å². The van der Waals surface area contributed by atoms with E-state index in [4.69, 9.17) is 4.74 Å². The van der Waals surface area contributed by atoms with E-state index in [-0.39, 0.29) is 24.1 Å². The van der Waals surface area contributed by atoms with E-state index in [2.05, 4.69) is 25.8 Å². The molecule has 2 rings (SSSR count). The fourth-order valence-electron chi connectivity index (χ4n) is 3.41. The van der Waals surface area contributed by atoms with E-state index in [0.29, 0.717) is 11.5 Å².